The summed E-state index contributed by atoms with van der Waals surface area (Å²) in [5, 5.41) is 5.07. The average Bonchev–Trinajstić information content (AvgIpc) is 3.57. The Bertz CT molecular complexity index is 1890. The van der Waals surface area contributed by atoms with Crippen LogP contribution in [-0.2, 0) is 9.84 Å². The van der Waals surface area contributed by atoms with Gasteiger partial charge in [0, 0.05) is 24.5 Å². The normalized spacial score (nSPS) is 11.7. The molecular formula is C29H25N5O4S. The predicted octanol–water partition coefficient (Wildman–Crippen LogP) is 5.49. The van der Waals surface area contributed by atoms with Gasteiger partial charge in [-0.25, -0.2) is 18.4 Å². The molecule has 3 aromatic heterocycles. The van der Waals surface area contributed by atoms with Crippen molar-refractivity contribution in [1.29, 1.82) is 0 Å². The highest BCUT2D eigenvalue weighted by atomic mass is 32.2. The van der Waals surface area contributed by atoms with Crippen molar-refractivity contribution in [3.63, 3.8) is 0 Å². The molecule has 3 heterocycles. The van der Waals surface area contributed by atoms with Gasteiger partial charge in [0.25, 0.3) is 0 Å². The van der Waals surface area contributed by atoms with Crippen molar-refractivity contribution in [1.82, 2.24) is 19.4 Å². The Morgan fingerprint density at radius 2 is 1.85 bits per heavy atom. The van der Waals surface area contributed by atoms with Gasteiger partial charge in [0.15, 0.2) is 9.84 Å². The number of nitrogens with one attached hydrogen (secondary N) is 1. The molecular weight excluding hydrogens is 514 g/mol. The quantitative estimate of drug-likeness (QED) is 0.240. The summed E-state index contributed by atoms with van der Waals surface area (Å²) in [6, 6.07) is 22.4. The Morgan fingerprint density at radius 1 is 0.974 bits per heavy atom. The molecule has 1 N–H and O–H groups in total. The molecule has 0 aliphatic carbocycles. The summed E-state index contributed by atoms with van der Waals surface area (Å²) in [6.45, 7) is 0.395. The average molecular weight is 540 g/mol. The van der Waals surface area contributed by atoms with Crippen LogP contribution in [0.1, 0.15) is 6.42 Å². The van der Waals surface area contributed by atoms with E-state index in [2.05, 4.69) is 15.3 Å². The van der Waals surface area contributed by atoms with Gasteiger partial charge in [-0.05, 0) is 47.5 Å². The maximum atomic E-state index is 12.9. The molecule has 6 rings (SSSR count). The van der Waals surface area contributed by atoms with Crippen molar-refractivity contribution < 1.29 is 17.6 Å². The highest BCUT2D eigenvalue weighted by Crippen LogP contribution is 2.33. The number of sulfone groups is 1. The van der Waals surface area contributed by atoms with E-state index in [4.69, 9.17) is 14.1 Å². The summed E-state index contributed by atoms with van der Waals surface area (Å²) >= 11 is 0. The topological polar surface area (TPSA) is 112 Å². The van der Waals surface area contributed by atoms with Gasteiger partial charge in [0.05, 0.1) is 23.5 Å². The lowest BCUT2D eigenvalue weighted by Crippen LogP contribution is -2.13. The van der Waals surface area contributed by atoms with Gasteiger partial charge in [0.2, 0.25) is 5.95 Å². The highest BCUT2D eigenvalue weighted by molar-refractivity contribution is 7.91. The fourth-order valence-electron chi connectivity index (χ4n) is 4.52. The molecule has 0 saturated carbocycles. The number of imidazole rings is 1. The summed E-state index contributed by atoms with van der Waals surface area (Å²) in [7, 11) is -1.80. The second-order valence-electron chi connectivity index (χ2n) is 8.97. The third-order valence-electron chi connectivity index (χ3n) is 6.46. The molecule has 6 aromatic rings. The Kier molecular flexibility index (Phi) is 6.45. The fraction of sp³-hybridized carbons (Fsp3) is 0.138. The first kappa shape index (κ1) is 24.6. The zero-order chi connectivity index (χ0) is 26.8. The zero-order valence-electron chi connectivity index (χ0n) is 21.1. The number of anilines is 1. The summed E-state index contributed by atoms with van der Waals surface area (Å²) in [4.78, 5) is 14.0. The van der Waals surface area contributed by atoms with E-state index in [-0.39, 0.29) is 5.75 Å². The van der Waals surface area contributed by atoms with E-state index in [1.807, 2.05) is 59.0 Å². The predicted molar refractivity (Wildman–Crippen MR) is 150 cm³/mol. The Hall–Kier alpha value is -4.70. The lowest BCUT2D eigenvalue weighted by molar-refractivity contribution is 0.415. The smallest absolute Gasteiger partial charge is 0.306 e. The lowest BCUT2D eigenvalue weighted by atomic mass is 10.1. The molecule has 10 heteroatoms. The van der Waals surface area contributed by atoms with Crippen LogP contribution in [0.5, 0.6) is 5.75 Å². The minimum Gasteiger partial charge on any atom is -0.497 e. The number of hydrogen-bond acceptors (Lipinski definition) is 8. The van der Waals surface area contributed by atoms with E-state index < -0.39 is 9.84 Å². The van der Waals surface area contributed by atoms with Crippen molar-refractivity contribution in [2.75, 3.05) is 24.7 Å². The molecule has 0 atom stereocenters. The van der Waals surface area contributed by atoms with Crippen LogP contribution >= 0.6 is 0 Å². The standard InChI is InChI=1S/C29H25N5O4S/c1-37-23-9-4-8-22(18-23)26-27(34-15-16-38-29(34)33-26)25-12-14-31-28(32-25)30-13-5-17-39(35,36)24-11-10-20-6-2-3-7-21(20)19-24/h2-4,6-12,14-16,18-19H,5,13,17H2,1H3,(H,30,31,32). The summed E-state index contributed by atoms with van der Waals surface area (Å²) < 4.78 is 38.6. The van der Waals surface area contributed by atoms with E-state index in [0.29, 0.717) is 46.8 Å². The first-order valence-electron chi connectivity index (χ1n) is 12.4. The van der Waals surface area contributed by atoms with Crippen molar-refractivity contribution in [3.8, 4) is 28.4 Å². The Morgan fingerprint density at radius 3 is 2.72 bits per heavy atom. The van der Waals surface area contributed by atoms with Crippen molar-refractivity contribution in [3.05, 3.63) is 91.5 Å². The number of aromatic nitrogens is 4. The minimum absolute atomic E-state index is 0.0102. The SMILES string of the molecule is COc1cccc(-c2nc3occn3c2-c2ccnc(NCCCS(=O)(=O)c3ccc4ccccc4c3)n2)c1. The molecule has 0 fully saturated rings. The van der Waals surface area contributed by atoms with Crippen LogP contribution in [0.25, 0.3) is 39.3 Å². The van der Waals surface area contributed by atoms with Gasteiger partial charge < -0.3 is 14.5 Å². The molecule has 0 radical (unpaired) electrons. The number of ether oxygens (including phenoxy) is 1. The van der Waals surface area contributed by atoms with Crippen LogP contribution in [0.3, 0.4) is 0 Å². The number of rotatable bonds is 9. The number of oxazole rings is 1. The summed E-state index contributed by atoms with van der Waals surface area (Å²) in [6.07, 6.45) is 5.41. The molecule has 0 spiro atoms. The minimum atomic E-state index is -3.42. The maximum absolute atomic E-state index is 12.9. The van der Waals surface area contributed by atoms with Crippen molar-refractivity contribution >= 4 is 32.4 Å². The zero-order valence-corrected chi connectivity index (χ0v) is 21.9. The van der Waals surface area contributed by atoms with E-state index in [1.54, 1.807) is 44.0 Å². The second kappa shape index (κ2) is 10.2. The van der Waals surface area contributed by atoms with Crippen LogP contribution < -0.4 is 10.1 Å². The molecule has 0 bridgehead atoms. The van der Waals surface area contributed by atoms with E-state index in [9.17, 15) is 8.42 Å². The van der Waals surface area contributed by atoms with Gasteiger partial charge in [-0.2, -0.15) is 4.98 Å². The van der Waals surface area contributed by atoms with Crippen LogP contribution in [0.15, 0.2) is 101 Å². The van der Waals surface area contributed by atoms with Crippen LogP contribution in [0.4, 0.5) is 5.95 Å². The molecule has 0 amide bonds. The second-order valence-corrected chi connectivity index (χ2v) is 11.1. The van der Waals surface area contributed by atoms with Crippen molar-refractivity contribution in [2.45, 2.75) is 11.3 Å². The molecule has 39 heavy (non-hydrogen) atoms. The monoisotopic (exact) mass is 539 g/mol. The third-order valence-corrected chi connectivity index (χ3v) is 8.25. The summed E-state index contributed by atoms with van der Waals surface area (Å²) in [5.41, 5.74) is 2.94. The molecule has 0 aliphatic heterocycles. The summed E-state index contributed by atoms with van der Waals surface area (Å²) in [5.74, 6) is 1.56. The molecule has 3 aromatic carbocycles. The first-order valence-corrected chi connectivity index (χ1v) is 14.1. The maximum Gasteiger partial charge on any atom is 0.306 e. The lowest BCUT2D eigenvalue weighted by Gasteiger charge is -2.09. The van der Waals surface area contributed by atoms with Crippen LogP contribution in [-0.4, -0.2) is 47.2 Å². The molecule has 0 aliphatic rings. The Balaban J connectivity index is 1.19. The fourth-order valence-corrected chi connectivity index (χ4v) is 5.86. The number of hydrogen-bond donors (Lipinski definition) is 1. The third kappa shape index (κ3) is 4.94. The number of benzene rings is 3. The highest BCUT2D eigenvalue weighted by Gasteiger charge is 2.20. The van der Waals surface area contributed by atoms with E-state index in [0.717, 1.165) is 22.0 Å². The molecule has 0 saturated heterocycles. The van der Waals surface area contributed by atoms with Gasteiger partial charge in [-0.3, -0.25) is 4.40 Å². The first-order chi connectivity index (χ1) is 19.0. The van der Waals surface area contributed by atoms with Gasteiger partial charge in [0.1, 0.15) is 23.4 Å². The largest absolute Gasteiger partial charge is 0.497 e. The van der Waals surface area contributed by atoms with Gasteiger partial charge in [-0.1, -0.05) is 42.5 Å². The van der Waals surface area contributed by atoms with E-state index >= 15 is 0 Å². The number of nitrogens with zero attached hydrogens (tertiary/aromatic N) is 4. The molecule has 196 valence electrons. The van der Waals surface area contributed by atoms with Crippen molar-refractivity contribution in [2.24, 2.45) is 0 Å². The number of methoxy groups -OCH3 is 1. The number of fused-ring (bicyclic) bond motifs is 2. The molecule has 0 unspecified atom stereocenters. The van der Waals surface area contributed by atoms with Crippen LogP contribution in [0.2, 0.25) is 0 Å². The van der Waals surface area contributed by atoms with Gasteiger partial charge in [-0.15, -0.1) is 0 Å². The van der Waals surface area contributed by atoms with E-state index in [1.165, 1.54) is 0 Å². The Labute approximate surface area is 225 Å². The molecule has 9 nitrogen and oxygen atoms in total. The van der Waals surface area contributed by atoms with Gasteiger partial charge >= 0.3 is 5.84 Å². The van der Waals surface area contributed by atoms with Crippen LogP contribution in [0, 0.1) is 0 Å².